The average Bonchev–Trinajstić information content (AvgIpc) is 2.22. The third kappa shape index (κ3) is 3.47. The predicted molar refractivity (Wildman–Crippen MR) is 61.9 cm³/mol. The fourth-order valence-electron chi connectivity index (χ4n) is 1.82. The molecule has 4 nitrogen and oxygen atoms in total. The standard InChI is InChI=1S/C12H19NO3/c1-2-5-12(16)6-3-9(4-7-12)8-10(13)11(14)15/h3-4,6-7,9-10,16H,2,5,8,13H2,1H3,(H,14,15). The van der Waals surface area contributed by atoms with Gasteiger partial charge in [-0.1, -0.05) is 37.6 Å². The van der Waals surface area contributed by atoms with Crippen LogP contribution in [-0.2, 0) is 4.79 Å². The molecule has 1 aliphatic rings. The van der Waals surface area contributed by atoms with Gasteiger partial charge in [-0.3, -0.25) is 4.79 Å². The molecule has 1 rings (SSSR count). The van der Waals surface area contributed by atoms with E-state index in [0.29, 0.717) is 12.8 Å². The summed E-state index contributed by atoms with van der Waals surface area (Å²) in [5.74, 6) is -0.987. The molecule has 0 aromatic rings. The number of carboxylic acids is 1. The van der Waals surface area contributed by atoms with Crippen molar-refractivity contribution >= 4 is 5.97 Å². The summed E-state index contributed by atoms with van der Waals surface area (Å²) in [6, 6.07) is -0.850. The minimum Gasteiger partial charge on any atom is -0.480 e. The zero-order chi connectivity index (χ0) is 12.2. The van der Waals surface area contributed by atoms with Crippen LogP contribution in [0.2, 0.25) is 0 Å². The van der Waals surface area contributed by atoms with Crippen LogP contribution in [0.4, 0.5) is 0 Å². The van der Waals surface area contributed by atoms with Gasteiger partial charge >= 0.3 is 5.97 Å². The van der Waals surface area contributed by atoms with E-state index in [4.69, 9.17) is 10.8 Å². The lowest BCUT2D eigenvalue weighted by atomic mass is 9.86. The van der Waals surface area contributed by atoms with Gasteiger partial charge in [-0.05, 0) is 18.8 Å². The monoisotopic (exact) mass is 225 g/mol. The van der Waals surface area contributed by atoms with E-state index in [0.717, 1.165) is 6.42 Å². The highest BCUT2D eigenvalue weighted by Gasteiger charge is 2.24. The van der Waals surface area contributed by atoms with Crippen molar-refractivity contribution in [2.24, 2.45) is 11.7 Å². The van der Waals surface area contributed by atoms with Gasteiger partial charge in [0.05, 0.1) is 0 Å². The van der Waals surface area contributed by atoms with Gasteiger partial charge in [0.2, 0.25) is 0 Å². The number of rotatable bonds is 5. The molecular weight excluding hydrogens is 206 g/mol. The van der Waals surface area contributed by atoms with E-state index >= 15 is 0 Å². The third-order valence-corrected chi connectivity index (χ3v) is 2.76. The number of carboxylic acid groups (broad SMARTS) is 1. The molecule has 16 heavy (non-hydrogen) atoms. The summed E-state index contributed by atoms with van der Waals surface area (Å²) < 4.78 is 0. The van der Waals surface area contributed by atoms with Crippen LogP contribution >= 0.6 is 0 Å². The summed E-state index contributed by atoms with van der Waals surface area (Å²) in [6.45, 7) is 2.01. The maximum atomic E-state index is 10.6. The molecule has 1 aliphatic carbocycles. The second-order valence-electron chi connectivity index (χ2n) is 4.30. The Morgan fingerprint density at radius 2 is 2.06 bits per heavy atom. The van der Waals surface area contributed by atoms with Gasteiger partial charge in [0.25, 0.3) is 0 Å². The lowest BCUT2D eigenvalue weighted by Gasteiger charge is -2.25. The highest BCUT2D eigenvalue weighted by molar-refractivity contribution is 5.73. The Bertz CT molecular complexity index is 295. The molecule has 4 heteroatoms. The zero-order valence-electron chi connectivity index (χ0n) is 9.47. The molecule has 0 aromatic heterocycles. The molecule has 0 bridgehead atoms. The Balaban J connectivity index is 2.53. The van der Waals surface area contributed by atoms with Gasteiger partial charge in [0, 0.05) is 0 Å². The van der Waals surface area contributed by atoms with Gasteiger partial charge in [-0.25, -0.2) is 0 Å². The summed E-state index contributed by atoms with van der Waals surface area (Å²) >= 11 is 0. The van der Waals surface area contributed by atoms with Crippen LogP contribution in [-0.4, -0.2) is 27.8 Å². The van der Waals surface area contributed by atoms with Crippen molar-refractivity contribution in [3.05, 3.63) is 24.3 Å². The molecule has 0 spiro atoms. The van der Waals surface area contributed by atoms with Crippen LogP contribution in [0.25, 0.3) is 0 Å². The van der Waals surface area contributed by atoms with Crippen LogP contribution < -0.4 is 5.73 Å². The van der Waals surface area contributed by atoms with E-state index in [1.165, 1.54) is 0 Å². The van der Waals surface area contributed by atoms with Crippen LogP contribution in [0.1, 0.15) is 26.2 Å². The normalized spacial score (nSPS) is 30.3. The molecule has 4 N–H and O–H groups in total. The lowest BCUT2D eigenvalue weighted by molar-refractivity contribution is -0.138. The van der Waals surface area contributed by atoms with E-state index < -0.39 is 17.6 Å². The van der Waals surface area contributed by atoms with Crippen molar-refractivity contribution in [2.45, 2.75) is 37.8 Å². The topological polar surface area (TPSA) is 83.5 Å². The number of allylic oxidation sites excluding steroid dienone is 2. The first kappa shape index (κ1) is 12.9. The fraction of sp³-hybridized carbons (Fsp3) is 0.583. The molecule has 0 heterocycles. The smallest absolute Gasteiger partial charge is 0.320 e. The maximum absolute atomic E-state index is 10.6. The lowest BCUT2D eigenvalue weighted by Crippen LogP contribution is -2.33. The van der Waals surface area contributed by atoms with E-state index in [9.17, 15) is 9.90 Å². The predicted octanol–water partition coefficient (Wildman–Crippen LogP) is 1.06. The maximum Gasteiger partial charge on any atom is 0.320 e. The molecule has 0 saturated carbocycles. The van der Waals surface area contributed by atoms with Gasteiger partial charge in [-0.2, -0.15) is 0 Å². The van der Waals surface area contributed by atoms with Crippen LogP contribution in [0.15, 0.2) is 24.3 Å². The van der Waals surface area contributed by atoms with Crippen molar-refractivity contribution in [3.63, 3.8) is 0 Å². The van der Waals surface area contributed by atoms with Crippen LogP contribution in [0.3, 0.4) is 0 Å². The molecule has 0 amide bonds. The average molecular weight is 225 g/mol. The van der Waals surface area contributed by atoms with Gasteiger partial charge < -0.3 is 15.9 Å². The van der Waals surface area contributed by atoms with Crippen molar-refractivity contribution in [3.8, 4) is 0 Å². The number of hydrogen-bond acceptors (Lipinski definition) is 3. The Morgan fingerprint density at radius 3 is 2.50 bits per heavy atom. The first-order valence-electron chi connectivity index (χ1n) is 5.56. The molecule has 0 aliphatic heterocycles. The first-order valence-corrected chi connectivity index (χ1v) is 5.56. The second-order valence-corrected chi connectivity index (χ2v) is 4.30. The number of carbonyl (C=O) groups is 1. The van der Waals surface area contributed by atoms with Crippen molar-refractivity contribution in [1.82, 2.24) is 0 Å². The minimum atomic E-state index is -0.990. The summed E-state index contributed by atoms with van der Waals surface area (Å²) in [4.78, 5) is 10.6. The largest absolute Gasteiger partial charge is 0.480 e. The summed E-state index contributed by atoms with van der Waals surface area (Å²) in [5, 5.41) is 18.7. The zero-order valence-corrected chi connectivity index (χ0v) is 9.47. The van der Waals surface area contributed by atoms with Gasteiger partial charge in [0.1, 0.15) is 11.6 Å². The molecule has 0 aromatic carbocycles. The summed E-state index contributed by atoms with van der Waals surface area (Å²) in [7, 11) is 0. The number of hydrogen-bond donors (Lipinski definition) is 3. The third-order valence-electron chi connectivity index (χ3n) is 2.76. The Labute approximate surface area is 95.5 Å². The van der Waals surface area contributed by atoms with E-state index in [2.05, 4.69) is 0 Å². The Hall–Kier alpha value is -1.13. The second kappa shape index (κ2) is 5.27. The number of nitrogens with two attached hydrogens (primary N) is 1. The Morgan fingerprint density at radius 1 is 1.50 bits per heavy atom. The molecule has 1 unspecified atom stereocenters. The van der Waals surface area contributed by atoms with Crippen LogP contribution in [0.5, 0.6) is 0 Å². The molecular formula is C12H19NO3. The molecule has 0 saturated heterocycles. The molecule has 0 fully saturated rings. The van der Waals surface area contributed by atoms with Crippen LogP contribution in [0, 0.1) is 5.92 Å². The van der Waals surface area contributed by atoms with Crippen molar-refractivity contribution < 1.29 is 15.0 Å². The highest BCUT2D eigenvalue weighted by Crippen LogP contribution is 2.25. The summed E-state index contributed by atoms with van der Waals surface area (Å²) in [6.07, 6.45) is 9.06. The number of aliphatic hydroxyl groups is 1. The molecule has 90 valence electrons. The Kier molecular flexibility index (Phi) is 4.26. The van der Waals surface area contributed by atoms with E-state index in [-0.39, 0.29) is 5.92 Å². The van der Waals surface area contributed by atoms with Gasteiger partial charge in [0.15, 0.2) is 0 Å². The van der Waals surface area contributed by atoms with Crippen molar-refractivity contribution in [1.29, 1.82) is 0 Å². The molecule has 0 radical (unpaired) electrons. The van der Waals surface area contributed by atoms with E-state index in [1.54, 1.807) is 12.2 Å². The van der Waals surface area contributed by atoms with E-state index in [1.807, 2.05) is 19.1 Å². The highest BCUT2D eigenvalue weighted by atomic mass is 16.4. The molecule has 1 atom stereocenters. The summed E-state index contributed by atoms with van der Waals surface area (Å²) in [5.41, 5.74) is 4.58. The quantitative estimate of drug-likeness (QED) is 0.611. The van der Waals surface area contributed by atoms with Crippen molar-refractivity contribution in [2.75, 3.05) is 0 Å². The SMILES string of the molecule is CCCC1(O)C=CC(CC(N)C(=O)O)C=C1. The minimum absolute atomic E-state index is 0.00299. The number of aliphatic carboxylic acids is 1. The fourth-order valence-corrected chi connectivity index (χ4v) is 1.82. The van der Waals surface area contributed by atoms with Gasteiger partial charge in [-0.15, -0.1) is 0 Å². The first-order chi connectivity index (χ1) is 7.47.